The Balaban J connectivity index is 1.48. The Morgan fingerprint density at radius 2 is 1.83 bits per heavy atom. The minimum absolute atomic E-state index is 0.0170. The minimum atomic E-state index is -0.624. The van der Waals surface area contributed by atoms with Crippen LogP contribution in [0.1, 0.15) is 23.0 Å². The lowest BCUT2D eigenvalue weighted by Gasteiger charge is -2.11. The van der Waals surface area contributed by atoms with Gasteiger partial charge in [0.1, 0.15) is 11.1 Å². The van der Waals surface area contributed by atoms with Gasteiger partial charge in [-0.1, -0.05) is 18.2 Å². The number of halogens is 1. The number of esters is 1. The summed E-state index contributed by atoms with van der Waals surface area (Å²) in [5, 5.41) is 2.78. The second-order valence-corrected chi connectivity index (χ2v) is 8.04. The Kier molecular flexibility index (Phi) is 6.89. The summed E-state index contributed by atoms with van der Waals surface area (Å²) >= 11 is 1.09. The molecule has 1 amide bonds. The third-order valence-electron chi connectivity index (χ3n) is 4.44. The zero-order chi connectivity index (χ0) is 21.7. The Bertz CT molecular complexity index is 1080. The standard InChI is InChI=1S/C22H21FN2O4S/c1-13-21(17-5-3-4-6-18(17)24-13)19(26)11-29-22(28)14(2)30-12-20(27)25-16-9-7-15(23)8-10-16/h3-10,14,24H,11-12H2,1-2H3,(H,25,27)/t14-/m1/s1. The number of Topliss-reactive ketones (excluding diaryl/α,β-unsaturated/α-hetero) is 1. The number of aryl methyl sites for hydroxylation is 1. The van der Waals surface area contributed by atoms with Gasteiger partial charge in [-0.05, 0) is 44.2 Å². The molecule has 0 bridgehead atoms. The first kappa shape index (κ1) is 21.6. The van der Waals surface area contributed by atoms with Gasteiger partial charge >= 0.3 is 5.97 Å². The summed E-state index contributed by atoms with van der Waals surface area (Å²) in [4.78, 5) is 39.9. The van der Waals surface area contributed by atoms with Crippen molar-refractivity contribution in [1.29, 1.82) is 0 Å². The van der Waals surface area contributed by atoms with Crippen LogP contribution in [-0.2, 0) is 14.3 Å². The summed E-state index contributed by atoms with van der Waals surface area (Å²) in [6, 6.07) is 12.8. The Morgan fingerprint density at radius 1 is 1.13 bits per heavy atom. The van der Waals surface area contributed by atoms with Crippen LogP contribution < -0.4 is 5.32 Å². The second kappa shape index (κ2) is 9.58. The molecule has 0 spiro atoms. The number of ether oxygens (including phenoxy) is 1. The lowest BCUT2D eigenvalue weighted by Crippen LogP contribution is -2.23. The number of para-hydroxylation sites is 1. The first-order valence-corrected chi connectivity index (χ1v) is 10.3. The highest BCUT2D eigenvalue weighted by molar-refractivity contribution is 8.01. The highest BCUT2D eigenvalue weighted by Crippen LogP contribution is 2.22. The molecule has 0 radical (unpaired) electrons. The fourth-order valence-electron chi connectivity index (χ4n) is 2.96. The number of hydrogen-bond donors (Lipinski definition) is 2. The third kappa shape index (κ3) is 5.27. The van der Waals surface area contributed by atoms with E-state index in [0.29, 0.717) is 11.3 Å². The zero-order valence-corrected chi connectivity index (χ0v) is 17.3. The van der Waals surface area contributed by atoms with Crippen LogP contribution in [0.3, 0.4) is 0 Å². The van der Waals surface area contributed by atoms with Gasteiger partial charge in [0.15, 0.2) is 6.61 Å². The van der Waals surface area contributed by atoms with E-state index in [4.69, 9.17) is 4.74 Å². The number of fused-ring (bicyclic) bond motifs is 1. The van der Waals surface area contributed by atoms with Crippen LogP contribution in [0.25, 0.3) is 10.9 Å². The number of ketones is 1. The predicted octanol–water partition coefficient (Wildman–Crippen LogP) is 4.10. The van der Waals surface area contributed by atoms with Gasteiger partial charge in [0.25, 0.3) is 0 Å². The van der Waals surface area contributed by atoms with Gasteiger partial charge < -0.3 is 15.0 Å². The molecule has 1 heterocycles. The van der Waals surface area contributed by atoms with E-state index in [1.54, 1.807) is 13.8 Å². The first-order chi connectivity index (χ1) is 14.3. The molecule has 2 N–H and O–H groups in total. The maximum atomic E-state index is 12.9. The quantitative estimate of drug-likeness (QED) is 0.417. The Labute approximate surface area is 177 Å². The number of rotatable bonds is 8. The number of carbonyl (C=O) groups excluding carboxylic acids is 3. The fourth-order valence-corrected chi connectivity index (χ4v) is 3.64. The largest absolute Gasteiger partial charge is 0.456 e. The van der Waals surface area contributed by atoms with Crippen molar-refractivity contribution in [3.8, 4) is 0 Å². The van der Waals surface area contributed by atoms with Crippen molar-refractivity contribution in [3.63, 3.8) is 0 Å². The normalized spacial score (nSPS) is 11.8. The van der Waals surface area contributed by atoms with Crippen LogP contribution in [0.15, 0.2) is 48.5 Å². The molecule has 3 rings (SSSR count). The molecule has 0 aliphatic rings. The van der Waals surface area contributed by atoms with Crippen molar-refractivity contribution < 1.29 is 23.5 Å². The number of H-pyrrole nitrogens is 1. The van der Waals surface area contributed by atoms with Gasteiger partial charge in [0, 0.05) is 27.8 Å². The summed E-state index contributed by atoms with van der Waals surface area (Å²) in [5.74, 6) is -1.55. The maximum absolute atomic E-state index is 12.9. The van der Waals surface area contributed by atoms with Crippen LogP contribution in [0.2, 0.25) is 0 Å². The van der Waals surface area contributed by atoms with E-state index in [0.717, 1.165) is 28.4 Å². The van der Waals surface area contributed by atoms with Crippen LogP contribution >= 0.6 is 11.8 Å². The molecule has 30 heavy (non-hydrogen) atoms. The summed E-state index contributed by atoms with van der Waals surface area (Å²) in [5.41, 5.74) is 2.55. The average Bonchev–Trinajstić information content (AvgIpc) is 3.07. The monoisotopic (exact) mass is 428 g/mol. The van der Waals surface area contributed by atoms with Crippen molar-refractivity contribution in [2.75, 3.05) is 17.7 Å². The third-order valence-corrected chi connectivity index (χ3v) is 5.56. The Hall–Kier alpha value is -3.13. The summed E-state index contributed by atoms with van der Waals surface area (Å²) < 4.78 is 18.1. The second-order valence-electron chi connectivity index (χ2n) is 6.71. The number of aromatic nitrogens is 1. The van der Waals surface area contributed by atoms with Crippen LogP contribution in [0.5, 0.6) is 0 Å². The summed E-state index contributed by atoms with van der Waals surface area (Å²) in [6.07, 6.45) is 0. The number of aromatic amines is 1. The molecule has 2 aromatic carbocycles. The molecular weight excluding hydrogens is 407 g/mol. The Morgan fingerprint density at radius 3 is 2.57 bits per heavy atom. The van der Waals surface area contributed by atoms with Crippen LogP contribution in [0, 0.1) is 12.7 Å². The van der Waals surface area contributed by atoms with Gasteiger partial charge in [-0.25, -0.2) is 4.39 Å². The zero-order valence-electron chi connectivity index (χ0n) is 16.5. The van der Waals surface area contributed by atoms with Crippen molar-refractivity contribution >= 4 is 46.0 Å². The SMILES string of the molecule is Cc1[nH]c2ccccc2c1C(=O)COC(=O)[C@@H](C)SCC(=O)Nc1ccc(F)cc1. The molecule has 1 aromatic heterocycles. The van der Waals surface area contributed by atoms with Crippen LogP contribution in [-0.4, -0.2) is 40.3 Å². The van der Waals surface area contributed by atoms with Crippen LogP contribution in [0.4, 0.5) is 10.1 Å². The number of thioether (sulfide) groups is 1. The lowest BCUT2D eigenvalue weighted by molar-refractivity contribution is -0.141. The van der Waals surface area contributed by atoms with Gasteiger partial charge in [-0.3, -0.25) is 14.4 Å². The topological polar surface area (TPSA) is 88.3 Å². The smallest absolute Gasteiger partial charge is 0.319 e. The fraction of sp³-hybridized carbons (Fsp3) is 0.227. The first-order valence-electron chi connectivity index (χ1n) is 9.29. The summed E-state index contributed by atoms with van der Waals surface area (Å²) in [6.45, 7) is 3.04. The van der Waals surface area contributed by atoms with E-state index in [-0.39, 0.29) is 24.1 Å². The molecule has 0 aliphatic carbocycles. The van der Waals surface area contributed by atoms with E-state index >= 15 is 0 Å². The number of amides is 1. The number of nitrogens with one attached hydrogen (secondary N) is 2. The van der Waals surface area contributed by atoms with E-state index in [9.17, 15) is 18.8 Å². The molecule has 0 saturated heterocycles. The van der Waals surface area contributed by atoms with Crippen molar-refractivity contribution in [2.24, 2.45) is 0 Å². The number of benzene rings is 2. The van der Waals surface area contributed by atoms with Gasteiger partial charge in [0.05, 0.1) is 5.75 Å². The molecule has 0 saturated carbocycles. The van der Waals surface area contributed by atoms with E-state index in [1.807, 2.05) is 24.3 Å². The molecule has 0 aliphatic heterocycles. The highest BCUT2D eigenvalue weighted by Gasteiger charge is 2.21. The molecule has 0 unspecified atom stereocenters. The number of hydrogen-bond acceptors (Lipinski definition) is 5. The van der Waals surface area contributed by atoms with Gasteiger partial charge in [0.2, 0.25) is 11.7 Å². The maximum Gasteiger partial charge on any atom is 0.319 e. The molecule has 156 valence electrons. The highest BCUT2D eigenvalue weighted by atomic mass is 32.2. The van der Waals surface area contributed by atoms with Crippen molar-refractivity contribution in [1.82, 2.24) is 4.98 Å². The van der Waals surface area contributed by atoms with E-state index < -0.39 is 17.0 Å². The average molecular weight is 428 g/mol. The van der Waals surface area contributed by atoms with E-state index in [1.165, 1.54) is 24.3 Å². The minimum Gasteiger partial charge on any atom is -0.456 e. The van der Waals surface area contributed by atoms with Crippen molar-refractivity contribution in [3.05, 3.63) is 65.6 Å². The predicted molar refractivity (Wildman–Crippen MR) is 115 cm³/mol. The van der Waals surface area contributed by atoms with Gasteiger partial charge in [-0.2, -0.15) is 0 Å². The molecule has 3 aromatic rings. The molecular formula is C22H21FN2O4S. The van der Waals surface area contributed by atoms with Crippen molar-refractivity contribution in [2.45, 2.75) is 19.1 Å². The summed E-state index contributed by atoms with van der Waals surface area (Å²) in [7, 11) is 0. The van der Waals surface area contributed by atoms with Gasteiger partial charge in [-0.15, -0.1) is 11.8 Å². The lowest BCUT2D eigenvalue weighted by atomic mass is 10.1. The molecule has 6 nitrogen and oxygen atoms in total. The molecule has 0 fully saturated rings. The number of carbonyl (C=O) groups is 3. The van der Waals surface area contributed by atoms with E-state index in [2.05, 4.69) is 10.3 Å². The molecule has 1 atom stereocenters. The molecule has 8 heteroatoms. The number of anilines is 1.